The van der Waals surface area contributed by atoms with Gasteiger partial charge in [-0.25, -0.2) is 0 Å². The van der Waals surface area contributed by atoms with E-state index in [4.69, 9.17) is 4.74 Å². The lowest BCUT2D eigenvalue weighted by atomic mass is 9.90. The number of hydrogen-bond acceptors (Lipinski definition) is 3. The predicted molar refractivity (Wildman–Crippen MR) is 80.3 cm³/mol. The molecule has 3 rings (SSSR count). The van der Waals surface area contributed by atoms with Crippen molar-refractivity contribution < 1.29 is 14.6 Å². The standard InChI is InChI=1S/C17H23NO3/c1-18(11-15(19)12-6-7-12)17(20)10-13-8-9-21-16-5-3-2-4-14(13)16/h2-5,12-13,15,19H,6-11H2,1H3. The van der Waals surface area contributed by atoms with Crippen molar-refractivity contribution >= 4 is 5.91 Å². The molecule has 0 spiro atoms. The molecule has 1 aliphatic carbocycles. The first-order valence-electron chi connectivity index (χ1n) is 7.79. The van der Waals surface area contributed by atoms with Crippen molar-refractivity contribution in [3.05, 3.63) is 29.8 Å². The first kappa shape index (κ1) is 14.4. The fourth-order valence-corrected chi connectivity index (χ4v) is 3.01. The zero-order chi connectivity index (χ0) is 14.8. The highest BCUT2D eigenvalue weighted by Crippen LogP contribution is 2.36. The molecule has 114 valence electrons. The smallest absolute Gasteiger partial charge is 0.223 e. The summed E-state index contributed by atoms with van der Waals surface area (Å²) in [6.07, 6.45) is 3.20. The molecule has 21 heavy (non-hydrogen) atoms. The van der Waals surface area contributed by atoms with Crippen LogP contribution in [0.2, 0.25) is 0 Å². The van der Waals surface area contributed by atoms with Gasteiger partial charge in [-0.15, -0.1) is 0 Å². The number of hydrogen-bond donors (Lipinski definition) is 1. The van der Waals surface area contributed by atoms with Gasteiger partial charge in [-0.05, 0) is 42.7 Å². The van der Waals surface area contributed by atoms with Gasteiger partial charge in [0.05, 0.1) is 12.7 Å². The molecule has 2 atom stereocenters. The van der Waals surface area contributed by atoms with Crippen molar-refractivity contribution in [2.45, 2.75) is 37.7 Å². The van der Waals surface area contributed by atoms with E-state index in [0.29, 0.717) is 25.5 Å². The number of aliphatic hydroxyl groups excluding tert-OH is 1. The molecule has 1 fully saturated rings. The number of benzene rings is 1. The number of nitrogens with zero attached hydrogens (tertiary/aromatic N) is 1. The summed E-state index contributed by atoms with van der Waals surface area (Å²) in [5.41, 5.74) is 1.13. The third-order valence-electron chi connectivity index (χ3n) is 4.56. The third kappa shape index (κ3) is 3.38. The Morgan fingerprint density at radius 1 is 1.38 bits per heavy atom. The minimum atomic E-state index is -0.360. The number of ether oxygens (including phenoxy) is 1. The van der Waals surface area contributed by atoms with Crippen LogP contribution in [-0.2, 0) is 4.79 Å². The van der Waals surface area contributed by atoms with Crippen LogP contribution in [0.1, 0.15) is 37.2 Å². The Morgan fingerprint density at radius 2 is 2.14 bits per heavy atom. The summed E-state index contributed by atoms with van der Waals surface area (Å²) in [4.78, 5) is 14.1. The van der Waals surface area contributed by atoms with E-state index in [1.54, 1.807) is 11.9 Å². The Balaban J connectivity index is 1.59. The maximum atomic E-state index is 12.4. The van der Waals surface area contributed by atoms with Crippen molar-refractivity contribution in [3.63, 3.8) is 0 Å². The number of aliphatic hydroxyl groups is 1. The zero-order valence-electron chi connectivity index (χ0n) is 12.5. The Morgan fingerprint density at radius 3 is 2.90 bits per heavy atom. The molecule has 0 aromatic heterocycles. The summed E-state index contributed by atoms with van der Waals surface area (Å²) >= 11 is 0. The van der Waals surface area contributed by atoms with Crippen LogP contribution in [0.4, 0.5) is 0 Å². The van der Waals surface area contributed by atoms with E-state index in [1.165, 1.54) is 0 Å². The average molecular weight is 289 g/mol. The normalized spacial score (nSPS) is 22.1. The lowest BCUT2D eigenvalue weighted by molar-refractivity contribution is -0.131. The quantitative estimate of drug-likeness (QED) is 0.904. The number of likely N-dealkylation sites (N-methyl/N-ethyl adjacent to an activating group) is 1. The van der Waals surface area contributed by atoms with Crippen molar-refractivity contribution in [1.82, 2.24) is 4.90 Å². The van der Waals surface area contributed by atoms with E-state index in [2.05, 4.69) is 0 Å². The maximum absolute atomic E-state index is 12.4. The highest BCUT2D eigenvalue weighted by molar-refractivity contribution is 5.77. The lowest BCUT2D eigenvalue weighted by Gasteiger charge is -2.28. The lowest BCUT2D eigenvalue weighted by Crippen LogP contribution is -2.36. The number of para-hydroxylation sites is 1. The van der Waals surface area contributed by atoms with Gasteiger partial charge < -0.3 is 14.7 Å². The monoisotopic (exact) mass is 289 g/mol. The van der Waals surface area contributed by atoms with Crippen LogP contribution in [-0.4, -0.2) is 42.2 Å². The number of carbonyl (C=O) groups is 1. The molecule has 1 aromatic carbocycles. The fourth-order valence-electron chi connectivity index (χ4n) is 3.01. The Bertz CT molecular complexity index is 513. The molecule has 4 heteroatoms. The number of rotatable bonds is 5. The van der Waals surface area contributed by atoms with E-state index in [9.17, 15) is 9.90 Å². The molecule has 1 amide bonds. The van der Waals surface area contributed by atoms with Crippen LogP contribution in [0, 0.1) is 5.92 Å². The van der Waals surface area contributed by atoms with Crippen LogP contribution in [0.15, 0.2) is 24.3 Å². The number of fused-ring (bicyclic) bond motifs is 1. The van der Waals surface area contributed by atoms with Gasteiger partial charge in [0, 0.05) is 20.0 Å². The van der Waals surface area contributed by atoms with Crippen LogP contribution in [0.25, 0.3) is 0 Å². The topological polar surface area (TPSA) is 49.8 Å². The molecule has 1 aromatic rings. The largest absolute Gasteiger partial charge is 0.493 e. The van der Waals surface area contributed by atoms with Crippen molar-refractivity contribution in [1.29, 1.82) is 0 Å². The zero-order valence-corrected chi connectivity index (χ0v) is 12.5. The van der Waals surface area contributed by atoms with E-state index >= 15 is 0 Å². The molecular weight excluding hydrogens is 266 g/mol. The summed E-state index contributed by atoms with van der Waals surface area (Å²) in [6, 6.07) is 7.96. The van der Waals surface area contributed by atoms with E-state index in [0.717, 1.165) is 30.6 Å². The first-order chi connectivity index (χ1) is 10.1. The SMILES string of the molecule is CN(CC(O)C1CC1)C(=O)CC1CCOc2ccccc21. The van der Waals surface area contributed by atoms with Gasteiger partial charge >= 0.3 is 0 Å². The highest BCUT2D eigenvalue weighted by atomic mass is 16.5. The number of amides is 1. The van der Waals surface area contributed by atoms with Crippen molar-refractivity contribution in [3.8, 4) is 5.75 Å². The van der Waals surface area contributed by atoms with Crippen LogP contribution in [0.5, 0.6) is 5.75 Å². The molecule has 1 N–H and O–H groups in total. The van der Waals surface area contributed by atoms with Gasteiger partial charge in [0.2, 0.25) is 5.91 Å². The Kier molecular flexibility index (Phi) is 4.15. The molecule has 0 bridgehead atoms. The fraction of sp³-hybridized carbons (Fsp3) is 0.588. The average Bonchev–Trinajstić information content (AvgIpc) is 3.32. The molecule has 2 aliphatic rings. The summed E-state index contributed by atoms with van der Waals surface area (Å²) in [5, 5.41) is 9.96. The molecule has 0 radical (unpaired) electrons. The minimum Gasteiger partial charge on any atom is -0.493 e. The second kappa shape index (κ2) is 6.06. The predicted octanol–water partition coefficient (Wildman–Crippen LogP) is 2.17. The minimum absolute atomic E-state index is 0.108. The molecule has 1 aliphatic heterocycles. The Hall–Kier alpha value is -1.55. The summed E-state index contributed by atoms with van der Waals surface area (Å²) in [7, 11) is 1.79. The van der Waals surface area contributed by atoms with Gasteiger partial charge in [-0.2, -0.15) is 0 Å². The van der Waals surface area contributed by atoms with Crippen LogP contribution < -0.4 is 4.74 Å². The molecule has 1 heterocycles. The van der Waals surface area contributed by atoms with Crippen LogP contribution >= 0.6 is 0 Å². The molecule has 4 nitrogen and oxygen atoms in total. The van der Waals surface area contributed by atoms with Gasteiger partial charge in [-0.3, -0.25) is 4.79 Å². The van der Waals surface area contributed by atoms with E-state index in [1.807, 2.05) is 24.3 Å². The van der Waals surface area contributed by atoms with Gasteiger partial charge in [0.15, 0.2) is 0 Å². The van der Waals surface area contributed by atoms with E-state index in [-0.39, 0.29) is 17.9 Å². The van der Waals surface area contributed by atoms with Gasteiger partial charge in [0.1, 0.15) is 5.75 Å². The molecular formula is C17H23NO3. The highest BCUT2D eigenvalue weighted by Gasteiger charge is 2.32. The van der Waals surface area contributed by atoms with Crippen molar-refractivity contribution in [2.75, 3.05) is 20.2 Å². The van der Waals surface area contributed by atoms with Gasteiger partial charge in [0.25, 0.3) is 0 Å². The first-order valence-corrected chi connectivity index (χ1v) is 7.79. The van der Waals surface area contributed by atoms with Gasteiger partial charge in [-0.1, -0.05) is 18.2 Å². The van der Waals surface area contributed by atoms with Crippen LogP contribution in [0.3, 0.4) is 0 Å². The second-order valence-corrected chi connectivity index (χ2v) is 6.26. The third-order valence-corrected chi connectivity index (χ3v) is 4.56. The van der Waals surface area contributed by atoms with E-state index < -0.39 is 0 Å². The summed E-state index contributed by atoms with van der Waals surface area (Å²) in [6.45, 7) is 1.12. The van der Waals surface area contributed by atoms with Crippen molar-refractivity contribution in [2.24, 2.45) is 5.92 Å². The second-order valence-electron chi connectivity index (χ2n) is 6.26. The maximum Gasteiger partial charge on any atom is 0.223 e. The molecule has 0 saturated heterocycles. The summed E-state index contributed by atoms with van der Waals surface area (Å²) < 4.78 is 5.64. The molecule has 1 saturated carbocycles. The Labute approximate surface area is 125 Å². The summed E-state index contributed by atoms with van der Waals surface area (Å²) in [5.74, 6) is 1.64. The number of carbonyl (C=O) groups excluding carboxylic acids is 1. The molecule has 2 unspecified atom stereocenters.